The molecule has 1 heterocycles. The molecule has 0 aliphatic carbocycles. The second-order valence-corrected chi connectivity index (χ2v) is 7.00. The first-order valence-electron chi connectivity index (χ1n) is 7.31. The van der Waals surface area contributed by atoms with Crippen molar-refractivity contribution in [3.8, 4) is 17.3 Å². The van der Waals surface area contributed by atoms with E-state index < -0.39 is 0 Å². The molecule has 5 heteroatoms. The van der Waals surface area contributed by atoms with Crippen LogP contribution in [0, 0.1) is 18.3 Å². The summed E-state index contributed by atoms with van der Waals surface area (Å²) >= 11 is 4.87. The van der Waals surface area contributed by atoms with Crippen molar-refractivity contribution in [1.82, 2.24) is 4.98 Å². The summed E-state index contributed by atoms with van der Waals surface area (Å²) in [5, 5.41) is 15.2. The van der Waals surface area contributed by atoms with E-state index in [2.05, 4.69) is 51.4 Å². The number of allylic oxidation sites excluding steroid dienone is 1. The molecule has 3 rings (SSSR count). The lowest BCUT2D eigenvalue weighted by molar-refractivity contribution is 1.36. The number of anilines is 1. The van der Waals surface area contributed by atoms with E-state index in [9.17, 15) is 5.26 Å². The van der Waals surface area contributed by atoms with Gasteiger partial charge in [-0.1, -0.05) is 45.8 Å². The highest BCUT2D eigenvalue weighted by molar-refractivity contribution is 9.10. The maximum absolute atomic E-state index is 9.42. The number of hydrogen-bond acceptors (Lipinski definition) is 4. The highest BCUT2D eigenvalue weighted by Crippen LogP contribution is 2.26. The molecular formula is C19H14BrN3S. The summed E-state index contributed by atoms with van der Waals surface area (Å²) < 4.78 is 1.01. The van der Waals surface area contributed by atoms with Crippen LogP contribution in [0.5, 0.6) is 0 Å². The minimum atomic E-state index is 0.515. The molecule has 2 aromatic carbocycles. The number of halogens is 1. The van der Waals surface area contributed by atoms with Gasteiger partial charge in [0.1, 0.15) is 16.6 Å². The highest BCUT2D eigenvalue weighted by atomic mass is 79.9. The first-order valence-corrected chi connectivity index (χ1v) is 8.98. The maximum Gasteiger partial charge on any atom is 0.136 e. The number of nitrogens with one attached hydrogen (secondary N) is 1. The van der Waals surface area contributed by atoms with Crippen LogP contribution in [0.25, 0.3) is 16.8 Å². The zero-order valence-electron chi connectivity index (χ0n) is 13.0. The molecule has 0 saturated heterocycles. The molecule has 0 fully saturated rings. The van der Waals surface area contributed by atoms with E-state index >= 15 is 0 Å². The van der Waals surface area contributed by atoms with Gasteiger partial charge in [0.05, 0.1) is 5.69 Å². The molecule has 0 unspecified atom stereocenters. The van der Waals surface area contributed by atoms with Crippen molar-refractivity contribution < 1.29 is 0 Å². The molecule has 0 radical (unpaired) electrons. The third-order valence-electron chi connectivity index (χ3n) is 3.43. The van der Waals surface area contributed by atoms with E-state index in [1.165, 1.54) is 16.9 Å². The van der Waals surface area contributed by atoms with Crippen LogP contribution in [-0.2, 0) is 0 Å². The zero-order chi connectivity index (χ0) is 16.9. The minimum Gasteiger partial charge on any atom is -0.360 e. The summed E-state index contributed by atoms with van der Waals surface area (Å²) in [7, 11) is 0. The lowest BCUT2D eigenvalue weighted by Gasteiger charge is -2.01. The first-order chi connectivity index (χ1) is 11.7. The van der Waals surface area contributed by atoms with Gasteiger partial charge >= 0.3 is 0 Å². The summed E-state index contributed by atoms with van der Waals surface area (Å²) in [5.74, 6) is 0. The van der Waals surface area contributed by atoms with E-state index in [1.54, 1.807) is 6.20 Å². The van der Waals surface area contributed by atoms with Gasteiger partial charge < -0.3 is 5.32 Å². The summed E-state index contributed by atoms with van der Waals surface area (Å²) in [6, 6.07) is 18.2. The van der Waals surface area contributed by atoms with Crippen molar-refractivity contribution in [3.63, 3.8) is 0 Å². The van der Waals surface area contributed by atoms with Crippen molar-refractivity contribution in [2.75, 3.05) is 5.32 Å². The number of hydrogen-bond donors (Lipinski definition) is 1. The number of aryl methyl sites for hydroxylation is 1. The molecule has 0 atom stereocenters. The van der Waals surface area contributed by atoms with E-state index in [1.807, 2.05) is 41.8 Å². The van der Waals surface area contributed by atoms with Crippen molar-refractivity contribution in [2.45, 2.75) is 6.92 Å². The Morgan fingerprint density at radius 2 is 1.88 bits per heavy atom. The molecule has 0 aliphatic heterocycles. The van der Waals surface area contributed by atoms with Crippen molar-refractivity contribution in [1.29, 1.82) is 5.26 Å². The summed E-state index contributed by atoms with van der Waals surface area (Å²) in [4.78, 5) is 4.59. The van der Waals surface area contributed by atoms with E-state index in [0.717, 1.165) is 21.4 Å². The van der Waals surface area contributed by atoms with Gasteiger partial charge in [0.15, 0.2) is 0 Å². The van der Waals surface area contributed by atoms with Gasteiger partial charge in [-0.2, -0.15) is 5.26 Å². The van der Waals surface area contributed by atoms with E-state index in [-0.39, 0.29) is 0 Å². The molecule has 24 heavy (non-hydrogen) atoms. The van der Waals surface area contributed by atoms with Crippen molar-refractivity contribution in [2.24, 2.45) is 0 Å². The number of nitrogens with zero attached hydrogens (tertiary/aromatic N) is 2. The molecule has 0 saturated carbocycles. The smallest absolute Gasteiger partial charge is 0.136 e. The fourth-order valence-corrected chi connectivity index (χ4v) is 3.16. The Bertz CT molecular complexity index is 903. The third kappa shape index (κ3) is 3.91. The fraction of sp³-hybridized carbons (Fsp3) is 0.0526. The zero-order valence-corrected chi connectivity index (χ0v) is 15.4. The van der Waals surface area contributed by atoms with Gasteiger partial charge in [-0.15, -0.1) is 11.3 Å². The third-order valence-corrected chi connectivity index (χ3v) is 4.83. The first kappa shape index (κ1) is 16.4. The summed E-state index contributed by atoms with van der Waals surface area (Å²) in [5.41, 5.74) is 4.59. The Labute approximate surface area is 153 Å². The summed E-state index contributed by atoms with van der Waals surface area (Å²) in [6.07, 6.45) is 1.70. The quantitative estimate of drug-likeness (QED) is 0.562. The predicted molar refractivity (Wildman–Crippen MR) is 104 cm³/mol. The Kier molecular flexibility index (Phi) is 5.09. The number of aromatic nitrogens is 1. The number of rotatable bonds is 4. The molecule has 0 spiro atoms. The van der Waals surface area contributed by atoms with Gasteiger partial charge in [-0.05, 0) is 31.2 Å². The van der Waals surface area contributed by atoms with Crippen molar-refractivity contribution in [3.05, 3.63) is 75.2 Å². The minimum absolute atomic E-state index is 0.515. The average molecular weight is 396 g/mol. The van der Waals surface area contributed by atoms with Crippen LogP contribution >= 0.6 is 27.3 Å². The average Bonchev–Trinajstić information content (AvgIpc) is 3.08. The lowest BCUT2D eigenvalue weighted by Crippen LogP contribution is -1.90. The largest absolute Gasteiger partial charge is 0.360 e. The molecule has 1 N–H and O–H groups in total. The van der Waals surface area contributed by atoms with E-state index in [4.69, 9.17) is 0 Å². The molecule has 0 bridgehead atoms. The van der Waals surface area contributed by atoms with Gasteiger partial charge in [-0.25, -0.2) is 4.98 Å². The highest BCUT2D eigenvalue weighted by Gasteiger charge is 2.08. The standard InChI is InChI=1S/C19H14BrN3S/c1-13-2-4-14(5-3-13)18-12-24-19(23-18)15(10-21)11-22-17-8-6-16(20)7-9-17/h2-9,11-12,22H,1H3/b15-11+. The molecular weight excluding hydrogens is 382 g/mol. The SMILES string of the molecule is Cc1ccc(-c2csc(/C(C#N)=C/Nc3ccc(Br)cc3)n2)cc1. The maximum atomic E-state index is 9.42. The van der Waals surface area contributed by atoms with Gasteiger partial charge in [0.2, 0.25) is 0 Å². The van der Waals surface area contributed by atoms with E-state index in [0.29, 0.717) is 10.6 Å². The van der Waals surface area contributed by atoms with Gasteiger partial charge in [0, 0.05) is 27.3 Å². The Hall–Kier alpha value is -2.42. The lowest BCUT2D eigenvalue weighted by atomic mass is 10.1. The molecule has 0 aliphatic rings. The normalized spacial score (nSPS) is 11.1. The van der Waals surface area contributed by atoms with Crippen molar-refractivity contribution >= 4 is 38.5 Å². The monoisotopic (exact) mass is 395 g/mol. The van der Waals surface area contributed by atoms with Crippen LogP contribution in [0.15, 0.2) is 64.6 Å². The molecule has 3 nitrogen and oxygen atoms in total. The Morgan fingerprint density at radius 3 is 2.54 bits per heavy atom. The van der Waals surface area contributed by atoms with Crippen LogP contribution in [0.3, 0.4) is 0 Å². The topological polar surface area (TPSA) is 48.7 Å². The van der Waals surface area contributed by atoms with Crippen LogP contribution in [0.4, 0.5) is 5.69 Å². The predicted octanol–water partition coefficient (Wildman–Crippen LogP) is 5.86. The Morgan fingerprint density at radius 1 is 1.17 bits per heavy atom. The summed E-state index contributed by atoms with van der Waals surface area (Å²) in [6.45, 7) is 2.06. The molecule has 3 aromatic rings. The number of nitriles is 1. The number of benzene rings is 2. The van der Waals surface area contributed by atoms with Crippen LogP contribution in [0.1, 0.15) is 10.6 Å². The van der Waals surface area contributed by atoms with Gasteiger partial charge in [-0.3, -0.25) is 0 Å². The van der Waals surface area contributed by atoms with Crippen LogP contribution < -0.4 is 5.32 Å². The van der Waals surface area contributed by atoms with Crippen LogP contribution in [-0.4, -0.2) is 4.98 Å². The second-order valence-electron chi connectivity index (χ2n) is 5.22. The molecule has 1 aromatic heterocycles. The molecule has 0 amide bonds. The number of thiazole rings is 1. The fourth-order valence-electron chi connectivity index (χ4n) is 2.10. The Balaban J connectivity index is 1.81. The van der Waals surface area contributed by atoms with Gasteiger partial charge in [0.25, 0.3) is 0 Å². The molecule has 118 valence electrons. The van der Waals surface area contributed by atoms with Crippen LogP contribution in [0.2, 0.25) is 0 Å². The second kappa shape index (κ2) is 7.43.